The molecule has 3 heterocycles. The summed E-state index contributed by atoms with van der Waals surface area (Å²) in [6.07, 6.45) is 0. The Kier molecular flexibility index (Phi) is 5.01. The fraction of sp³-hybridized carbons (Fsp3) is 0.643. The minimum absolute atomic E-state index is 0.0581. The molecule has 120 valence electrons. The third kappa shape index (κ3) is 4.02. The second kappa shape index (κ2) is 7.17. The van der Waals surface area contributed by atoms with Crippen molar-refractivity contribution in [1.29, 1.82) is 0 Å². The van der Waals surface area contributed by atoms with Gasteiger partial charge in [-0.3, -0.25) is 19.4 Å². The number of hydrogen-bond donors (Lipinski definition) is 1. The maximum Gasteiger partial charge on any atom is 0.239 e. The van der Waals surface area contributed by atoms with Crippen molar-refractivity contribution in [2.45, 2.75) is 6.54 Å². The van der Waals surface area contributed by atoms with Crippen LogP contribution >= 0.6 is 11.3 Å². The van der Waals surface area contributed by atoms with Crippen molar-refractivity contribution >= 4 is 23.2 Å². The Labute approximate surface area is 133 Å². The van der Waals surface area contributed by atoms with Crippen LogP contribution in [-0.4, -0.2) is 83.9 Å². The van der Waals surface area contributed by atoms with Gasteiger partial charge >= 0.3 is 0 Å². The van der Waals surface area contributed by atoms with E-state index in [9.17, 15) is 9.59 Å². The van der Waals surface area contributed by atoms with Crippen molar-refractivity contribution in [1.82, 2.24) is 25.0 Å². The van der Waals surface area contributed by atoms with Crippen LogP contribution < -0.4 is 5.32 Å². The highest BCUT2D eigenvalue weighted by Gasteiger charge is 2.24. The van der Waals surface area contributed by atoms with Gasteiger partial charge in [0.1, 0.15) is 0 Å². The largest absolute Gasteiger partial charge is 0.353 e. The maximum atomic E-state index is 12.2. The number of carbonyl (C=O) groups excluding carboxylic acids is 2. The van der Waals surface area contributed by atoms with Gasteiger partial charge in [0.15, 0.2) is 0 Å². The predicted octanol–water partition coefficient (Wildman–Crippen LogP) is -0.781. The number of thiazole rings is 1. The number of aromatic nitrogens is 1. The number of amides is 2. The monoisotopic (exact) mass is 323 g/mol. The van der Waals surface area contributed by atoms with E-state index < -0.39 is 0 Å². The van der Waals surface area contributed by atoms with E-state index in [0.29, 0.717) is 19.6 Å². The summed E-state index contributed by atoms with van der Waals surface area (Å²) in [6.45, 7) is 6.35. The molecule has 7 nitrogen and oxygen atoms in total. The molecule has 0 aromatic carbocycles. The van der Waals surface area contributed by atoms with Crippen molar-refractivity contribution in [3.63, 3.8) is 0 Å². The smallest absolute Gasteiger partial charge is 0.239 e. The lowest BCUT2D eigenvalue weighted by atomic mass is 10.2. The quantitative estimate of drug-likeness (QED) is 0.787. The Hall–Kier alpha value is -1.51. The van der Waals surface area contributed by atoms with Crippen molar-refractivity contribution < 1.29 is 9.59 Å². The number of rotatable bonds is 4. The highest BCUT2D eigenvalue weighted by Crippen LogP contribution is 2.09. The van der Waals surface area contributed by atoms with Gasteiger partial charge in [-0.05, 0) is 0 Å². The standard InChI is InChI=1S/C14H21N5O2S/c20-13-8-19(2-1-15-13)14(21)9-18-5-3-17(4-6-18)7-12-10-22-11-16-12/h10-11H,1-9H2,(H,15,20). The highest BCUT2D eigenvalue weighted by atomic mass is 32.1. The van der Waals surface area contributed by atoms with Crippen LogP contribution in [0.1, 0.15) is 5.69 Å². The van der Waals surface area contributed by atoms with E-state index in [1.165, 1.54) is 0 Å². The van der Waals surface area contributed by atoms with Gasteiger partial charge in [-0.1, -0.05) is 0 Å². The van der Waals surface area contributed by atoms with Gasteiger partial charge in [0.25, 0.3) is 0 Å². The van der Waals surface area contributed by atoms with E-state index in [1.54, 1.807) is 16.2 Å². The minimum atomic E-state index is -0.0623. The first kappa shape index (κ1) is 15.4. The maximum absolute atomic E-state index is 12.2. The lowest BCUT2D eigenvalue weighted by Gasteiger charge is -2.35. The Bertz CT molecular complexity index is 513. The van der Waals surface area contributed by atoms with E-state index in [1.807, 2.05) is 5.51 Å². The fourth-order valence-electron chi connectivity index (χ4n) is 2.79. The Balaban J connectivity index is 1.41. The van der Waals surface area contributed by atoms with Crippen LogP contribution in [0, 0.1) is 0 Å². The van der Waals surface area contributed by atoms with E-state index in [-0.39, 0.29) is 18.4 Å². The van der Waals surface area contributed by atoms with Gasteiger partial charge in [0.2, 0.25) is 11.8 Å². The summed E-state index contributed by atoms with van der Waals surface area (Å²) in [7, 11) is 0. The summed E-state index contributed by atoms with van der Waals surface area (Å²) in [6, 6.07) is 0. The molecule has 2 amide bonds. The summed E-state index contributed by atoms with van der Waals surface area (Å²) >= 11 is 1.62. The third-order valence-corrected chi connectivity index (χ3v) is 4.72. The molecule has 8 heteroatoms. The average Bonchev–Trinajstić information content (AvgIpc) is 3.02. The number of hydrogen-bond acceptors (Lipinski definition) is 6. The molecule has 1 aromatic rings. The molecule has 1 N–H and O–H groups in total. The zero-order valence-corrected chi connectivity index (χ0v) is 13.3. The Morgan fingerprint density at radius 2 is 2.00 bits per heavy atom. The molecule has 1 aromatic heterocycles. The van der Waals surface area contributed by atoms with Gasteiger partial charge < -0.3 is 10.2 Å². The van der Waals surface area contributed by atoms with Crippen molar-refractivity contribution in [2.75, 3.05) is 52.4 Å². The number of nitrogens with zero attached hydrogens (tertiary/aromatic N) is 4. The Morgan fingerprint density at radius 1 is 1.23 bits per heavy atom. The zero-order valence-electron chi connectivity index (χ0n) is 12.5. The number of nitrogens with one attached hydrogen (secondary N) is 1. The van der Waals surface area contributed by atoms with Crippen molar-refractivity contribution in [2.24, 2.45) is 0 Å². The van der Waals surface area contributed by atoms with Crippen LogP contribution in [0.25, 0.3) is 0 Å². The number of carbonyl (C=O) groups is 2. The minimum Gasteiger partial charge on any atom is -0.353 e. The van der Waals surface area contributed by atoms with Crippen molar-refractivity contribution in [3.8, 4) is 0 Å². The van der Waals surface area contributed by atoms with Crippen LogP contribution in [0.5, 0.6) is 0 Å². The van der Waals surface area contributed by atoms with Crippen LogP contribution in [0.4, 0.5) is 0 Å². The summed E-state index contributed by atoms with van der Waals surface area (Å²) in [4.78, 5) is 34.1. The molecule has 0 aliphatic carbocycles. The summed E-state index contributed by atoms with van der Waals surface area (Å²) in [5, 5.41) is 4.82. The van der Waals surface area contributed by atoms with E-state index in [0.717, 1.165) is 38.4 Å². The molecule has 22 heavy (non-hydrogen) atoms. The van der Waals surface area contributed by atoms with E-state index in [4.69, 9.17) is 0 Å². The van der Waals surface area contributed by atoms with Crippen molar-refractivity contribution in [3.05, 3.63) is 16.6 Å². The van der Waals surface area contributed by atoms with Gasteiger partial charge in [-0.25, -0.2) is 4.98 Å². The molecule has 0 unspecified atom stereocenters. The normalized spacial score (nSPS) is 20.9. The third-order valence-electron chi connectivity index (χ3n) is 4.08. The molecule has 2 saturated heterocycles. The molecule has 0 radical (unpaired) electrons. The summed E-state index contributed by atoms with van der Waals surface area (Å²) in [5.74, 6) is -0.00418. The first-order valence-corrected chi connectivity index (χ1v) is 8.51. The van der Waals surface area contributed by atoms with Gasteiger partial charge in [0.05, 0.1) is 24.3 Å². The van der Waals surface area contributed by atoms with Gasteiger partial charge in [-0.15, -0.1) is 11.3 Å². The summed E-state index contributed by atoms with van der Waals surface area (Å²) in [5.41, 5.74) is 2.98. The second-order valence-electron chi connectivity index (χ2n) is 5.70. The van der Waals surface area contributed by atoms with Gasteiger partial charge in [0, 0.05) is 51.2 Å². The SMILES string of the molecule is O=C1CN(C(=O)CN2CCN(Cc3cscn3)CC2)CCN1. The first-order valence-electron chi connectivity index (χ1n) is 7.57. The van der Waals surface area contributed by atoms with Gasteiger partial charge in [-0.2, -0.15) is 0 Å². The Morgan fingerprint density at radius 3 is 2.68 bits per heavy atom. The summed E-state index contributed by atoms with van der Waals surface area (Å²) < 4.78 is 0. The highest BCUT2D eigenvalue weighted by molar-refractivity contribution is 7.07. The molecule has 0 bridgehead atoms. The predicted molar refractivity (Wildman–Crippen MR) is 83.4 cm³/mol. The van der Waals surface area contributed by atoms with Crippen LogP contribution in [0.2, 0.25) is 0 Å². The molecule has 2 aliphatic rings. The zero-order chi connectivity index (χ0) is 15.4. The lowest BCUT2D eigenvalue weighted by Crippen LogP contribution is -2.54. The lowest BCUT2D eigenvalue weighted by molar-refractivity contribution is -0.139. The fourth-order valence-corrected chi connectivity index (χ4v) is 3.34. The molecular weight excluding hydrogens is 302 g/mol. The molecule has 3 rings (SSSR count). The topological polar surface area (TPSA) is 68.8 Å². The molecule has 0 spiro atoms. The van der Waals surface area contributed by atoms with E-state index in [2.05, 4.69) is 25.5 Å². The van der Waals surface area contributed by atoms with Crippen LogP contribution in [0.15, 0.2) is 10.9 Å². The molecular formula is C14H21N5O2S. The first-order chi connectivity index (χ1) is 10.7. The van der Waals surface area contributed by atoms with Crippen LogP contribution in [-0.2, 0) is 16.1 Å². The van der Waals surface area contributed by atoms with E-state index >= 15 is 0 Å². The average molecular weight is 323 g/mol. The number of piperazine rings is 2. The molecule has 2 aliphatic heterocycles. The molecule has 0 saturated carbocycles. The molecule has 2 fully saturated rings. The van der Waals surface area contributed by atoms with Crippen LogP contribution in [0.3, 0.4) is 0 Å². The molecule has 0 atom stereocenters. The second-order valence-corrected chi connectivity index (χ2v) is 6.42.